The minimum Gasteiger partial charge on any atom is -0.316 e. The van der Waals surface area contributed by atoms with Crippen molar-refractivity contribution in [1.82, 2.24) is 5.32 Å². The van der Waals surface area contributed by atoms with Gasteiger partial charge in [0.1, 0.15) is 0 Å². The molecule has 0 bridgehead atoms. The van der Waals surface area contributed by atoms with E-state index in [0.29, 0.717) is 11.5 Å². The zero-order valence-electron chi connectivity index (χ0n) is 9.91. The Hall–Kier alpha value is -0.300. The van der Waals surface area contributed by atoms with Crippen LogP contribution in [0.3, 0.4) is 0 Å². The smallest absolute Gasteiger partial charge is 0.0113 e. The largest absolute Gasteiger partial charge is 0.316 e. The molecule has 0 heterocycles. The SMILES string of the molecule is C=C(C)CCCC(NC)C(C)(C)C. The van der Waals surface area contributed by atoms with Gasteiger partial charge in [-0.25, -0.2) is 0 Å². The van der Waals surface area contributed by atoms with Crippen molar-refractivity contribution in [2.24, 2.45) is 5.41 Å². The van der Waals surface area contributed by atoms with Gasteiger partial charge in [-0.1, -0.05) is 26.3 Å². The van der Waals surface area contributed by atoms with E-state index in [1.807, 2.05) is 0 Å². The summed E-state index contributed by atoms with van der Waals surface area (Å²) >= 11 is 0. The van der Waals surface area contributed by atoms with Crippen LogP contribution in [0.5, 0.6) is 0 Å². The molecule has 0 saturated carbocycles. The number of rotatable bonds is 5. The van der Waals surface area contributed by atoms with E-state index in [2.05, 4.69) is 46.6 Å². The summed E-state index contributed by atoms with van der Waals surface area (Å²) in [5.41, 5.74) is 1.66. The summed E-state index contributed by atoms with van der Waals surface area (Å²) in [6.07, 6.45) is 3.65. The summed E-state index contributed by atoms with van der Waals surface area (Å²) in [4.78, 5) is 0. The Morgan fingerprint density at radius 2 is 1.92 bits per heavy atom. The molecule has 1 unspecified atom stereocenters. The Morgan fingerprint density at radius 1 is 1.38 bits per heavy atom. The van der Waals surface area contributed by atoms with E-state index >= 15 is 0 Å². The van der Waals surface area contributed by atoms with Gasteiger partial charge in [0, 0.05) is 6.04 Å². The predicted octanol–water partition coefficient (Wildman–Crippen LogP) is 3.37. The van der Waals surface area contributed by atoms with Crippen molar-refractivity contribution < 1.29 is 0 Å². The van der Waals surface area contributed by atoms with Crippen LogP contribution in [0, 0.1) is 5.41 Å². The second-order valence-electron chi connectivity index (χ2n) is 5.06. The molecule has 0 aromatic rings. The number of hydrogen-bond acceptors (Lipinski definition) is 1. The normalized spacial score (nSPS) is 14.2. The van der Waals surface area contributed by atoms with Gasteiger partial charge in [0.15, 0.2) is 0 Å². The lowest BCUT2D eigenvalue weighted by atomic mass is 9.83. The Balaban J connectivity index is 3.80. The van der Waals surface area contributed by atoms with Gasteiger partial charge in [0.25, 0.3) is 0 Å². The fourth-order valence-electron chi connectivity index (χ4n) is 1.62. The standard InChI is InChI=1S/C12H25N/c1-10(2)8-7-9-11(13-6)12(3,4)5/h11,13H,1,7-9H2,2-6H3. The van der Waals surface area contributed by atoms with Crippen molar-refractivity contribution in [2.45, 2.75) is 53.0 Å². The van der Waals surface area contributed by atoms with Crippen LogP contribution in [-0.2, 0) is 0 Å². The molecule has 0 fully saturated rings. The highest BCUT2D eigenvalue weighted by molar-refractivity contribution is 4.88. The quantitative estimate of drug-likeness (QED) is 0.644. The lowest BCUT2D eigenvalue weighted by molar-refractivity contribution is 0.263. The first-order valence-corrected chi connectivity index (χ1v) is 5.19. The molecule has 1 heteroatoms. The van der Waals surface area contributed by atoms with E-state index < -0.39 is 0 Å². The topological polar surface area (TPSA) is 12.0 Å². The summed E-state index contributed by atoms with van der Waals surface area (Å²) in [6, 6.07) is 0.617. The summed E-state index contributed by atoms with van der Waals surface area (Å²) in [7, 11) is 2.05. The minimum absolute atomic E-state index is 0.365. The summed E-state index contributed by atoms with van der Waals surface area (Å²) in [6.45, 7) is 12.9. The molecule has 13 heavy (non-hydrogen) atoms. The first-order valence-electron chi connectivity index (χ1n) is 5.19. The molecule has 0 spiro atoms. The summed E-state index contributed by atoms with van der Waals surface area (Å²) in [5, 5.41) is 3.39. The van der Waals surface area contributed by atoms with E-state index in [0.717, 1.165) is 6.42 Å². The second-order valence-corrected chi connectivity index (χ2v) is 5.06. The van der Waals surface area contributed by atoms with Crippen molar-refractivity contribution in [3.63, 3.8) is 0 Å². The van der Waals surface area contributed by atoms with Crippen LogP contribution in [0.4, 0.5) is 0 Å². The Morgan fingerprint density at radius 3 is 2.23 bits per heavy atom. The van der Waals surface area contributed by atoms with Gasteiger partial charge in [-0.2, -0.15) is 0 Å². The molecular formula is C12H25N. The van der Waals surface area contributed by atoms with Crippen molar-refractivity contribution in [1.29, 1.82) is 0 Å². The van der Waals surface area contributed by atoms with Crippen LogP contribution in [0.1, 0.15) is 47.0 Å². The maximum absolute atomic E-state index is 3.92. The third kappa shape index (κ3) is 5.87. The first-order chi connectivity index (χ1) is 5.88. The number of nitrogens with one attached hydrogen (secondary N) is 1. The molecule has 1 nitrogen and oxygen atoms in total. The molecule has 0 aromatic heterocycles. The molecule has 1 N–H and O–H groups in total. The van der Waals surface area contributed by atoms with Crippen LogP contribution in [-0.4, -0.2) is 13.1 Å². The van der Waals surface area contributed by atoms with E-state index in [1.54, 1.807) is 0 Å². The summed E-state index contributed by atoms with van der Waals surface area (Å²) in [5.74, 6) is 0. The van der Waals surface area contributed by atoms with Crippen LogP contribution in [0.2, 0.25) is 0 Å². The monoisotopic (exact) mass is 183 g/mol. The maximum atomic E-state index is 3.92. The van der Waals surface area contributed by atoms with Crippen LogP contribution < -0.4 is 5.32 Å². The highest BCUT2D eigenvalue weighted by Crippen LogP contribution is 2.23. The Bertz CT molecular complexity index is 153. The molecule has 0 rings (SSSR count). The van der Waals surface area contributed by atoms with Crippen molar-refractivity contribution in [3.05, 3.63) is 12.2 Å². The lowest BCUT2D eigenvalue weighted by Gasteiger charge is -2.30. The second kappa shape index (κ2) is 5.43. The molecule has 0 aliphatic carbocycles. The van der Waals surface area contributed by atoms with Crippen molar-refractivity contribution in [2.75, 3.05) is 7.05 Å². The highest BCUT2D eigenvalue weighted by Gasteiger charge is 2.21. The molecule has 1 atom stereocenters. The van der Waals surface area contributed by atoms with Crippen LogP contribution in [0.15, 0.2) is 12.2 Å². The highest BCUT2D eigenvalue weighted by atomic mass is 14.9. The average molecular weight is 183 g/mol. The van der Waals surface area contributed by atoms with E-state index in [-0.39, 0.29) is 0 Å². The molecule has 0 aliphatic rings. The minimum atomic E-state index is 0.365. The van der Waals surface area contributed by atoms with Gasteiger partial charge in [-0.3, -0.25) is 0 Å². The van der Waals surface area contributed by atoms with Gasteiger partial charge in [0.05, 0.1) is 0 Å². The number of allylic oxidation sites excluding steroid dienone is 1. The van der Waals surface area contributed by atoms with Gasteiger partial charge in [-0.05, 0) is 38.6 Å². The fraction of sp³-hybridized carbons (Fsp3) is 0.833. The summed E-state index contributed by atoms with van der Waals surface area (Å²) < 4.78 is 0. The molecule has 78 valence electrons. The van der Waals surface area contributed by atoms with Gasteiger partial charge < -0.3 is 5.32 Å². The average Bonchev–Trinajstić information content (AvgIpc) is 1.95. The van der Waals surface area contributed by atoms with Crippen molar-refractivity contribution in [3.8, 4) is 0 Å². The van der Waals surface area contributed by atoms with Gasteiger partial charge in [0.2, 0.25) is 0 Å². The Labute approximate surface area is 83.6 Å². The van der Waals surface area contributed by atoms with Gasteiger partial charge in [-0.15, -0.1) is 6.58 Å². The third-order valence-corrected chi connectivity index (χ3v) is 2.49. The maximum Gasteiger partial charge on any atom is 0.0113 e. The third-order valence-electron chi connectivity index (χ3n) is 2.49. The van der Waals surface area contributed by atoms with Crippen LogP contribution >= 0.6 is 0 Å². The van der Waals surface area contributed by atoms with E-state index in [9.17, 15) is 0 Å². The first kappa shape index (κ1) is 12.7. The molecule has 0 radical (unpaired) electrons. The zero-order chi connectivity index (χ0) is 10.5. The van der Waals surface area contributed by atoms with Gasteiger partial charge >= 0.3 is 0 Å². The molecule has 0 amide bonds. The number of hydrogen-bond donors (Lipinski definition) is 1. The fourth-order valence-corrected chi connectivity index (χ4v) is 1.62. The molecular weight excluding hydrogens is 158 g/mol. The molecule has 0 saturated heterocycles. The molecule has 0 aromatic carbocycles. The zero-order valence-corrected chi connectivity index (χ0v) is 9.91. The van der Waals surface area contributed by atoms with E-state index in [4.69, 9.17) is 0 Å². The van der Waals surface area contributed by atoms with E-state index in [1.165, 1.54) is 18.4 Å². The lowest BCUT2D eigenvalue weighted by Crippen LogP contribution is -2.37. The van der Waals surface area contributed by atoms with Crippen LogP contribution in [0.25, 0.3) is 0 Å². The predicted molar refractivity (Wildman–Crippen MR) is 61.0 cm³/mol. The molecule has 0 aliphatic heterocycles. The van der Waals surface area contributed by atoms with Crippen molar-refractivity contribution >= 4 is 0 Å². The Kier molecular flexibility index (Phi) is 5.31.